The lowest BCUT2D eigenvalue weighted by Crippen LogP contribution is -2.39. The maximum atomic E-state index is 12.2. The number of hydrogen-bond acceptors (Lipinski definition) is 5. The van der Waals surface area contributed by atoms with Gasteiger partial charge in [0.25, 0.3) is 0 Å². The summed E-state index contributed by atoms with van der Waals surface area (Å²) in [6, 6.07) is 8.39. The molecular formula is C19H29NO4. The summed E-state index contributed by atoms with van der Waals surface area (Å²) in [6.07, 6.45) is 0.0503. The number of rotatable bonds is 9. The van der Waals surface area contributed by atoms with Crippen LogP contribution in [-0.2, 0) is 19.1 Å². The average molecular weight is 335 g/mol. The number of ether oxygens (including phenoxy) is 2. The maximum absolute atomic E-state index is 12.2. The molecular weight excluding hydrogens is 306 g/mol. The summed E-state index contributed by atoms with van der Waals surface area (Å²) in [4.78, 5) is 24.3. The highest BCUT2D eigenvalue weighted by Crippen LogP contribution is 2.24. The van der Waals surface area contributed by atoms with E-state index in [9.17, 15) is 9.59 Å². The van der Waals surface area contributed by atoms with Crippen molar-refractivity contribution in [1.82, 2.24) is 0 Å². The van der Waals surface area contributed by atoms with Gasteiger partial charge in [0, 0.05) is 5.92 Å². The van der Waals surface area contributed by atoms with Crippen molar-refractivity contribution in [2.75, 3.05) is 13.2 Å². The third-order valence-electron chi connectivity index (χ3n) is 3.46. The summed E-state index contributed by atoms with van der Waals surface area (Å²) < 4.78 is 10.5. The SMILES string of the molecule is CC(C)COC(=O)CC(c1ccccc1)C(N)C(=O)OCC(C)C. The molecule has 1 aromatic rings. The van der Waals surface area contributed by atoms with Crippen molar-refractivity contribution in [2.24, 2.45) is 17.6 Å². The summed E-state index contributed by atoms with van der Waals surface area (Å²) in [7, 11) is 0. The second-order valence-electron chi connectivity index (χ2n) is 6.85. The minimum atomic E-state index is -0.905. The minimum Gasteiger partial charge on any atom is -0.465 e. The van der Waals surface area contributed by atoms with Crippen molar-refractivity contribution >= 4 is 11.9 Å². The molecule has 0 fully saturated rings. The van der Waals surface area contributed by atoms with E-state index in [1.54, 1.807) is 0 Å². The molecule has 0 amide bonds. The summed E-state index contributed by atoms with van der Waals surface area (Å²) in [5.74, 6) is -0.828. The van der Waals surface area contributed by atoms with Crippen LogP contribution in [0.15, 0.2) is 30.3 Å². The summed E-state index contributed by atoms with van der Waals surface area (Å²) in [5.41, 5.74) is 6.93. The smallest absolute Gasteiger partial charge is 0.323 e. The molecule has 5 heteroatoms. The number of hydrogen-bond donors (Lipinski definition) is 1. The van der Waals surface area contributed by atoms with Crippen LogP contribution < -0.4 is 5.73 Å². The Balaban J connectivity index is 2.81. The van der Waals surface area contributed by atoms with Gasteiger partial charge in [-0.2, -0.15) is 0 Å². The van der Waals surface area contributed by atoms with Gasteiger partial charge < -0.3 is 15.2 Å². The highest BCUT2D eigenvalue weighted by atomic mass is 16.5. The maximum Gasteiger partial charge on any atom is 0.323 e. The molecule has 0 aliphatic rings. The zero-order valence-corrected chi connectivity index (χ0v) is 15.0. The van der Waals surface area contributed by atoms with Gasteiger partial charge in [-0.15, -0.1) is 0 Å². The first-order chi connectivity index (χ1) is 11.3. The molecule has 2 atom stereocenters. The molecule has 134 valence electrons. The second kappa shape index (κ2) is 10.1. The Morgan fingerprint density at radius 1 is 0.958 bits per heavy atom. The molecule has 0 saturated carbocycles. The fraction of sp³-hybridized carbons (Fsp3) is 0.579. The van der Waals surface area contributed by atoms with E-state index in [2.05, 4.69) is 0 Å². The van der Waals surface area contributed by atoms with Crippen LogP contribution in [0.2, 0.25) is 0 Å². The molecule has 0 heterocycles. The number of nitrogens with two attached hydrogens (primary N) is 1. The van der Waals surface area contributed by atoms with E-state index in [4.69, 9.17) is 15.2 Å². The first kappa shape index (κ1) is 20.2. The predicted octanol–water partition coefficient (Wildman–Crippen LogP) is 2.89. The Bertz CT molecular complexity index is 513. The Morgan fingerprint density at radius 2 is 1.50 bits per heavy atom. The highest BCUT2D eigenvalue weighted by Gasteiger charge is 2.30. The van der Waals surface area contributed by atoms with Crippen LogP contribution in [0.5, 0.6) is 0 Å². The van der Waals surface area contributed by atoms with Gasteiger partial charge >= 0.3 is 11.9 Å². The molecule has 0 aliphatic heterocycles. The molecule has 0 aliphatic carbocycles. The molecule has 24 heavy (non-hydrogen) atoms. The van der Waals surface area contributed by atoms with Gasteiger partial charge in [0.15, 0.2) is 0 Å². The third-order valence-corrected chi connectivity index (χ3v) is 3.46. The lowest BCUT2D eigenvalue weighted by molar-refractivity contribution is -0.148. The van der Waals surface area contributed by atoms with Gasteiger partial charge in [-0.25, -0.2) is 0 Å². The third kappa shape index (κ3) is 7.13. The average Bonchev–Trinajstić information content (AvgIpc) is 2.55. The Hall–Kier alpha value is -1.88. The van der Waals surface area contributed by atoms with Crippen molar-refractivity contribution < 1.29 is 19.1 Å². The molecule has 0 radical (unpaired) electrons. The molecule has 0 saturated heterocycles. The lowest BCUT2D eigenvalue weighted by Gasteiger charge is -2.23. The highest BCUT2D eigenvalue weighted by molar-refractivity contribution is 5.79. The normalized spacial score (nSPS) is 13.6. The standard InChI is InChI=1S/C19H29NO4/c1-13(2)11-23-17(21)10-16(15-8-6-5-7-9-15)18(20)19(22)24-12-14(3)4/h5-9,13-14,16,18H,10-12,20H2,1-4H3. The van der Waals surface area contributed by atoms with Gasteiger partial charge in [0.1, 0.15) is 6.04 Å². The molecule has 1 aromatic carbocycles. The fourth-order valence-corrected chi connectivity index (χ4v) is 2.16. The number of carbonyl (C=O) groups is 2. The van der Waals surface area contributed by atoms with Gasteiger partial charge in [-0.1, -0.05) is 58.0 Å². The predicted molar refractivity (Wildman–Crippen MR) is 93.4 cm³/mol. The second-order valence-corrected chi connectivity index (χ2v) is 6.85. The van der Waals surface area contributed by atoms with Crippen LogP contribution in [0.4, 0.5) is 0 Å². The number of carbonyl (C=O) groups excluding carboxylic acids is 2. The molecule has 2 unspecified atom stereocenters. The molecule has 5 nitrogen and oxygen atoms in total. The Labute approximate surface area is 144 Å². The zero-order valence-electron chi connectivity index (χ0n) is 15.0. The van der Waals surface area contributed by atoms with Crippen molar-refractivity contribution in [3.8, 4) is 0 Å². The first-order valence-electron chi connectivity index (χ1n) is 8.44. The zero-order chi connectivity index (χ0) is 18.1. The summed E-state index contributed by atoms with van der Waals surface area (Å²) in [5, 5.41) is 0. The monoisotopic (exact) mass is 335 g/mol. The van der Waals surface area contributed by atoms with Crippen LogP contribution in [0, 0.1) is 11.8 Å². The Kier molecular flexibility index (Phi) is 8.47. The topological polar surface area (TPSA) is 78.6 Å². The molecule has 0 aromatic heterocycles. The van der Waals surface area contributed by atoms with E-state index >= 15 is 0 Å². The van der Waals surface area contributed by atoms with E-state index in [1.807, 2.05) is 58.0 Å². The van der Waals surface area contributed by atoms with Gasteiger partial charge in [0.2, 0.25) is 0 Å². The first-order valence-corrected chi connectivity index (χ1v) is 8.44. The minimum absolute atomic E-state index is 0.0503. The quantitative estimate of drug-likeness (QED) is 0.702. The fourth-order valence-electron chi connectivity index (χ4n) is 2.16. The van der Waals surface area contributed by atoms with E-state index in [0.717, 1.165) is 5.56 Å². The van der Waals surface area contributed by atoms with E-state index in [1.165, 1.54) is 0 Å². The number of benzene rings is 1. The van der Waals surface area contributed by atoms with Crippen LogP contribution in [0.3, 0.4) is 0 Å². The van der Waals surface area contributed by atoms with E-state index in [-0.39, 0.29) is 24.2 Å². The van der Waals surface area contributed by atoms with Crippen LogP contribution >= 0.6 is 0 Å². The molecule has 0 spiro atoms. The van der Waals surface area contributed by atoms with Gasteiger partial charge in [-0.3, -0.25) is 9.59 Å². The van der Waals surface area contributed by atoms with Crippen molar-refractivity contribution in [3.05, 3.63) is 35.9 Å². The number of esters is 2. The Morgan fingerprint density at radius 3 is 2.04 bits per heavy atom. The van der Waals surface area contributed by atoms with Crippen molar-refractivity contribution in [1.29, 1.82) is 0 Å². The van der Waals surface area contributed by atoms with Gasteiger partial charge in [0.05, 0.1) is 19.6 Å². The van der Waals surface area contributed by atoms with Crippen LogP contribution in [-0.4, -0.2) is 31.2 Å². The summed E-state index contributed by atoms with van der Waals surface area (Å²) in [6.45, 7) is 8.51. The van der Waals surface area contributed by atoms with Crippen LogP contribution in [0.25, 0.3) is 0 Å². The molecule has 1 rings (SSSR count). The molecule has 0 bridgehead atoms. The van der Waals surface area contributed by atoms with Crippen LogP contribution in [0.1, 0.15) is 45.6 Å². The van der Waals surface area contributed by atoms with E-state index < -0.39 is 17.9 Å². The van der Waals surface area contributed by atoms with Crippen molar-refractivity contribution in [2.45, 2.75) is 46.1 Å². The lowest BCUT2D eigenvalue weighted by atomic mass is 9.89. The van der Waals surface area contributed by atoms with Crippen molar-refractivity contribution in [3.63, 3.8) is 0 Å². The molecule has 2 N–H and O–H groups in total. The largest absolute Gasteiger partial charge is 0.465 e. The van der Waals surface area contributed by atoms with Gasteiger partial charge in [-0.05, 0) is 17.4 Å². The van der Waals surface area contributed by atoms with E-state index in [0.29, 0.717) is 13.2 Å². The summed E-state index contributed by atoms with van der Waals surface area (Å²) >= 11 is 0.